The monoisotopic (exact) mass is 826 g/mol. The third-order valence-corrected chi connectivity index (χ3v) is 13.3. The van der Waals surface area contributed by atoms with E-state index in [-0.39, 0.29) is 36.0 Å². The maximum Gasteiger partial charge on any atom is 0.245 e. The lowest BCUT2D eigenvalue weighted by molar-refractivity contribution is -0.139. The summed E-state index contributed by atoms with van der Waals surface area (Å²) in [5, 5.41) is 0. The number of amides is 2. The maximum absolute atomic E-state index is 14.3. The second-order valence-corrected chi connectivity index (χ2v) is 16.7. The number of aromatic amines is 2. The number of benzene rings is 5. The second-order valence-electron chi connectivity index (χ2n) is 16.7. The summed E-state index contributed by atoms with van der Waals surface area (Å²) in [6, 6.07) is 41.0. The van der Waals surface area contributed by atoms with Crippen LogP contribution in [0.2, 0.25) is 0 Å². The summed E-state index contributed by atoms with van der Waals surface area (Å²) in [6.07, 6.45) is 3.67. The number of carbonyl (C=O) groups excluding carboxylic acids is 2. The molecule has 4 atom stereocenters. The van der Waals surface area contributed by atoms with Crippen molar-refractivity contribution in [2.45, 2.75) is 77.5 Å². The molecular formula is C52H58N8O2. The van der Waals surface area contributed by atoms with Gasteiger partial charge in [-0.1, -0.05) is 125 Å². The van der Waals surface area contributed by atoms with Gasteiger partial charge >= 0.3 is 0 Å². The largest absolute Gasteiger partial charge is 0.340 e. The third kappa shape index (κ3) is 7.93. The second kappa shape index (κ2) is 18.1. The van der Waals surface area contributed by atoms with E-state index in [9.17, 15) is 9.59 Å². The number of likely N-dealkylation sites (N-methyl/N-ethyl adjacent to an activating group) is 2. The summed E-state index contributed by atoms with van der Waals surface area (Å²) in [5.41, 5.74) is 10.2. The molecular weight excluding hydrogens is 769 g/mol. The first-order valence-electron chi connectivity index (χ1n) is 22.7. The summed E-state index contributed by atoms with van der Waals surface area (Å²) in [7, 11) is 0. The van der Waals surface area contributed by atoms with Gasteiger partial charge in [-0.15, -0.1) is 0 Å². The molecule has 0 unspecified atom stereocenters. The first kappa shape index (κ1) is 41.3. The lowest BCUT2D eigenvalue weighted by Gasteiger charge is -2.34. The number of aromatic nitrogens is 4. The predicted octanol–water partition coefficient (Wildman–Crippen LogP) is 10.3. The Kier molecular flexibility index (Phi) is 12.0. The van der Waals surface area contributed by atoms with Gasteiger partial charge in [-0.3, -0.25) is 19.4 Å². The van der Waals surface area contributed by atoms with Crippen LogP contribution in [0.5, 0.6) is 0 Å². The van der Waals surface area contributed by atoms with E-state index in [1.807, 2.05) is 36.4 Å². The highest BCUT2D eigenvalue weighted by atomic mass is 16.2. The van der Waals surface area contributed by atoms with E-state index in [0.717, 1.165) is 132 Å². The highest BCUT2D eigenvalue weighted by molar-refractivity contribution is 5.87. The zero-order valence-corrected chi connectivity index (χ0v) is 36.4. The minimum Gasteiger partial charge on any atom is -0.340 e. The van der Waals surface area contributed by atoms with Crippen LogP contribution in [0.25, 0.3) is 44.3 Å². The molecule has 10 heteroatoms. The molecule has 9 rings (SSSR count). The van der Waals surface area contributed by atoms with Gasteiger partial charge in [0.25, 0.3) is 0 Å². The van der Waals surface area contributed by atoms with Crippen LogP contribution in [0.1, 0.15) is 100 Å². The molecule has 10 nitrogen and oxygen atoms in total. The SMILES string of the molecule is CCN(CC)[C@H](C(=O)N1CCC[C@@H]1c1nc2ccc(-c3ccc(-c4ccc5nc([C@@H]6CCCN6C(=O)[C@@H](c6ccccc6)N(CC)CC)[nH]c5c4)cc3)cc2[nH]1)c1ccccc1. The summed E-state index contributed by atoms with van der Waals surface area (Å²) in [5.74, 6) is 1.99. The van der Waals surface area contributed by atoms with E-state index in [1.54, 1.807) is 0 Å². The van der Waals surface area contributed by atoms with E-state index in [0.29, 0.717) is 0 Å². The normalized spacial score (nSPS) is 17.8. The van der Waals surface area contributed by atoms with Crippen LogP contribution >= 0.6 is 0 Å². The quantitative estimate of drug-likeness (QED) is 0.113. The smallest absolute Gasteiger partial charge is 0.245 e. The number of imidazole rings is 2. The number of hydrogen-bond donors (Lipinski definition) is 2. The fraction of sp³-hybridized carbons (Fsp3) is 0.346. The number of fused-ring (bicyclic) bond motifs is 2. The molecule has 2 fully saturated rings. The van der Waals surface area contributed by atoms with Gasteiger partial charge in [0.1, 0.15) is 23.7 Å². The number of carbonyl (C=O) groups is 2. The molecule has 2 N–H and O–H groups in total. The maximum atomic E-state index is 14.3. The lowest BCUT2D eigenvalue weighted by Crippen LogP contribution is -2.43. The topological polar surface area (TPSA) is 104 Å². The molecule has 7 aromatic rings. The van der Waals surface area contributed by atoms with E-state index in [1.165, 1.54) is 0 Å². The van der Waals surface area contributed by atoms with Gasteiger partial charge < -0.3 is 19.8 Å². The minimum absolute atomic E-state index is 0.0909. The molecule has 318 valence electrons. The summed E-state index contributed by atoms with van der Waals surface area (Å²) >= 11 is 0. The van der Waals surface area contributed by atoms with Crippen LogP contribution < -0.4 is 0 Å². The summed E-state index contributed by atoms with van der Waals surface area (Å²) < 4.78 is 0. The molecule has 62 heavy (non-hydrogen) atoms. The van der Waals surface area contributed by atoms with Crippen LogP contribution in [0, 0.1) is 0 Å². The van der Waals surface area contributed by atoms with Crippen molar-refractivity contribution < 1.29 is 9.59 Å². The molecule has 2 aliphatic heterocycles. The molecule has 2 amide bonds. The Labute approximate surface area is 365 Å². The first-order chi connectivity index (χ1) is 30.4. The molecule has 2 aliphatic rings. The number of likely N-dealkylation sites (tertiary alicyclic amines) is 2. The van der Waals surface area contributed by atoms with Crippen LogP contribution in [-0.2, 0) is 9.59 Å². The molecule has 2 saturated heterocycles. The highest BCUT2D eigenvalue weighted by Crippen LogP contribution is 2.38. The van der Waals surface area contributed by atoms with Crippen molar-refractivity contribution >= 4 is 33.9 Å². The molecule has 4 heterocycles. The lowest BCUT2D eigenvalue weighted by atomic mass is 10.00. The van der Waals surface area contributed by atoms with E-state index in [4.69, 9.17) is 9.97 Å². The Morgan fingerprint density at radius 2 is 0.919 bits per heavy atom. The Morgan fingerprint density at radius 3 is 1.29 bits per heavy atom. The van der Waals surface area contributed by atoms with Crippen molar-refractivity contribution in [1.82, 2.24) is 39.5 Å². The first-order valence-corrected chi connectivity index (χ1v) is 22.7. The molecule has 0 bridgehead atoms. The standard InChI is InChI=1S/C52H58N8O2/c1-5-57(6-2)47(37-17-11-9-12-18-37)51(61)59-31-15-21-45(59)49-53-41-29-27-39(33-43(41)55-49)35-23-25-36(26-24-35)40-28-30-42-44(34-40)56-50(54-42)46-22-16-32-60(46)52(62)48(58(7-3)8-4)38-19-13-10-14-20-38/h9-14,17-20,23-30,33-34,45-48H,5-8,15-16,21-22,31-32H2,1-4H3,(H,53,55)(H,54,56)/t45-,46+,47+,48-. The van der Waals surface area contributed by atoms with Gasteiger partial charge in [0.15, 0.2) is 0 Å². The zero-order valence-electron chi connectivity index (χ0n) is 36.4. The number of nitrogens with one attached hydrogen (secondary N) is 2. The average molecular weight is 827 g/mol. The average Bonchev–Trinajstić information content (AvgIpc) is 4.16. The van der Waals surface area contributed by atoms with Crippen molar-refractivity contribution in [2.24, 2.45) is 0 Å². The summed E-state index contributed by atoms with van der Waals surface area (Å²) in [4.78, 5) is 54.6. The van der Waals surface area contributed by atoms with E-state index >= 15 is 0 Å². The number of nitrogens with zero attached hydrogens (tertiary/aromatic N) is 6. The van der Waals surface area contributed by atoms with Crippen LogP contribution in [0.15, 0.2) is 121 Å². The molecule has 0 radical (unpaired) electrons. The van der Waals surface area contributed by atoms with Gasteiger partial charge in [0, 0.05) is 13.1 Å². The van der Waals surface area contributed by atoms with Gasteiger partial charge in [-0.25, -0.2) is 9.97 Å². The third-order valence-electron chi connectivity index (χ3n) is 13.3. The number of hydrogen-bond acceptors (Lipinski definition) is 6. The Morgan fingerprint density at radius 1 is 0.548 bits per heavy atom. The summed E-state index contributed by atoms with van der Waals surface area (Å²) in [6.45, 7) is 13.1. The fourth-order valence-electron chi connectivity index (χ4n) is 10.00. The van der Waals surface area contributed by atoms with Crippen LogP contribution in [-0.4, -0.2) is 90.6 Å². The molecule has 0 spiro atoms. The van der Waals surface area contributed by atoms with Crippen LogP contribution in [0.4, 0.5) is 0 Å². The molecule has 0 aliphatic carbocycles. The van der Waals surface area contributed by atoms with Gasteiger partial charge in [-0.05, 0) is 110 Å². The van der Waals surface area contributed by atoms with Crippen molar-refractivity contribution in [3.05, 3.63) is 144 Å². The predicted molar refractivity (Wildman–Crippen MR) is 248 cm³/mol. The van der Waals surface area contributed by atoms with Crippen molar-refractivity contribution in [3.63, 3.8) is 0 Å². The molecule has 5 aromatic carbocycles. The fourth-order valence-corrected chi connectivity index (χ4v) is 10.00. The van der Waals surface area contributed by atoms with Crippen molar-refractivity contribution in [2.75, 3.05) is 39.3 Å². The molecule has 2 aromatic heterocycles. The van der Waals surface area contributed by atoms with Gasteiger partial charge in [0.05, 0.1) is 34.2 Å². The van der Waals surface area contributed by atoms with Gasteiger partial charge in [0.2, 0.25) is 11.8 Å². The van der Waals surface area contributed by atoms with E-state index < -0.39 is 0 Å². The Balaban J connectivity index is 0.917. The minimum atomic E-state index is -0.319. The Bertz CT molecular complexity index is 2450. The van der Waals surface area contributed by atoms with Crippen molar-refractivity contribution in [3.8, 4) is 22.3 Å². The highest BCUT2D eigenvalue weighted by Gasteiger charge is 2.39. The Hall–Kier alpha value is -6.10. The zero-order chi connectivity index (χ0) is 42.7. The molecule has 0 saturated carbocycles. The number of rotatable bonds is 14. The van der Waals surface area contributed by atoms with E-state index in [2.05, 4.69) is 142 Å². The van der Waals surface area contributed by atoms with Gasteiger partial charge in [-0.2, -0.15) is 0 Å². The van der Waals surface area contributed by atoms with Crippen molar-refractivity contribution in [1.29, 1.82) is 0 Å². The number of H-pyrrole nitrogens is 2. The van der Waals surface area contributed by atoms with Crippen LogP contribution in [0.3, 0.4) is 0 Å².